The number of carbonyl (C=O) groups is 1. The average Bonchev–Trinajstić information content (AvgIpc) is 2.49. The van der Waals surface area contributed by atoms with E-state index in [0.29, 0.717) is 18.9 Å². The smallest absolute Gasteiger partial charge is 0.305 e. The third-order valence-electron chi connectivity index (χ3n) is 3.83. The first kappa shape index (κ1) is 20.4. The molecule has 126 valence electrons. The van der Waals surface area contributed by atoms with E-state index in [9.17, 15) is 4.79 Å². The number of hydrogen-bond donors (Lipinski definition) is 0. The molecule has 0 heterocycles. The van der Waals surface area contributed by atoms with E-state index in [2.05, 4.69) is 13.8 Å². The zero-order chi connectivity index (χ0) is 15.8. The summed E-state index contributed by atoms with van der Waals surface area (Å²) in [5.74, 6) is 0.347. The van der Waals surface area contributed by atoms with Crippen LogP contribution in [0.1, 0.15) is 84.5 Å². The highest BCUT2D eigenvalue weighted by atomic mass is 16.5. The lowest BCUT2D eigenvalue weighted by Crippen LogP contribution is -2.13. The van der Waals surface area contributed by atoms with E-state index in [-0.39, 0.29) is 5.97 Å². The first-order chi connectivity index (χ1) is 10.2. The summed E-state index contributed by atoms with van der Waals surface area (Å²) in [6.07, 6.45) is 13.0. The Morgan fingerprint density at radius 3 is 2.10 bits per heavy atom. The minimum Gasteiger partial charge on any atom is -0.465 e. The predicted octanol–water partition coefficient (Wildman–Crippen LogP) is 5.12. The molecular formula is C18H36O3. The second-order valence-corrected chi connectivity index (χ2v) is 6.15. The normalized spacial score (nSPS) is 12.3. The van der Waals surface area contributed by atoms with E-state index in [1.165, 1.54) is 44.9 Å². The average molecular weight is 300 g/mol. The Kier molecular flexibility index (Phi) is 15.4. The van der Waals surface area contributed by atoms with Gasteiger partial charge >= 0.3 is 5.97 Å². The van der Waals surface area contributed by atoms with Crippen LogP contribution in [0.4, 0.5) is 0 Å². The topological polar surface area (TPSA) is 35.5 Å². The van der Waals surface area contributed by atoms with Gasteiger partial charge in [0.2, 0.25) is 0 Å². The molecule has 0 aromatic heterocycles. The van der Waals surface area contributed by atoms with Gasteiger partial charge < -0.3 is 9.47 Å². The summed E-state index contributed by atoms with van der Waals surface area (Å²) in [6, 6.07) is 0. The first-order valence-corrected chi connectivity index (χ1v) is 8.85. The molecule has 0 aliphatic carbocycles. The predicted molar refractivity (Wildman–Crippen MR) is 88.5 cm³/mol. The van der Waals surface area contributed by atoms with Crippen molar-refractivity contribution in [1.82, 2.24) is 0 Å². The van der Waals surface area contributed by atoms with Crippen LogP contribution in [0.15, 0.2) is 0 Å². The molecule has 0 aromatic rings. The fourth-order valence-corrected chi connectivity index (χ4v) is 2.29. The summed E-state index contributed by atoms with van der Waals surface area (Å²) in [6.45, 7) is 5.60. The van der Waals surface area contributed by atoms with E-state index in [0.717, 1.165) is 25.9 Å². The summed E-state index contributed by atoms with van der Waals surface area (Å²) in [4.78, 5) is 11.6. The molecule has 0 spiro atoms. The van der Waals surface area contributed by atoms with Crippen LogP contribution >= 0.6 is 0 Å². The van der Waals surface area contributed by atoms with Gasteiger partial charge in [0, 0.05) is 20.1 Å². The molecule has 1 unspecified atom stereocenters. The van der Waals surface area contributed by atoms with Crippen LogP contribution in [0.25, 0.3) is 0 Å². The van der Waals surface area contributed by atoms with Crippen molar-refractivity contribution in [3.05, 3.63) is 0 Å². The third-order valence-corrected chi connectivity index (χ3v) is 3.83. The summed E-state index contributed by atoms with van der Waals surface area (Å²) in [7, 11) is 1.70. The minimum absolute atomic E-state index is 0.0396. The van der Waals surface area contributed by atoms with Gasteiger partial charge in [-0.3, -0.25) is 4.79 Å². The van der Waals surface area contributed by atoms with E-state index >= 15 is 0 Å². The molecule has 0 aromatic carbocycles. The van der Waals surface area contributed by atoms with E-state index in [4.69, 9.17) is 9.47 Å². The lowest BCUT2D eigenvalue weighted by Gasteiger charge is -2.11. The molecule has 0 aliphatic rings. The van der Waals surface area contributed by atoms with Crippen molar-refractivity contribution in [2.75, 3.05) is 20.3 Å². The van der Waals surface area contributed by atoms with Crippen LogP contribution in [0.5, 0.6) is 0 Å². The van der Waals surface area contributed by atoms with Gasteiger partial charge in [0.1, 0.15) is 0 Å². The van der Waals surface area contributed by atoms with Gasteiger partial charge in [-0.1, -0.05) is 65.2 Å². The van der Waals surface area contributed by atoms with Crippen molar-refractivity contribution >= 4 is 5.97 Å². The summed E-state index contributed by atoms with van der Waals surface area (Å²) < 4.78 is 10.3. The van der Waals surface area contributed by atoms with Crippen LogP contribution < -0.4 is 0 Å². The molecule has 0 saturated heterocycles. The Bertz CT molecular complexity index is 229. The van der Waals surface area contributed by atoms with Crippen molar-refractivity contribution < 1.29 is 14.3 Å². The quantitative estimate of drug-likeness (QED) is 0.311. The summed E-state index contributed by atoms with van der Waals surface area (Å²) in [5.41, 5.74) is 0. The second kappa shape index (κ2) is 15.8. The summed E-state index contributed by atoms with van der Waals surface area (Å²) >= 11 is 0. The Balaban J connectivity index is 3.26. The molecule has 0 fully saturated rings. The molecule has 0 N–H and O–H groups in total. The molecule has 21 heavy (non-hydrogen) atoms. The van der Waals surface area contributed by atoms with Gasteiger partial charge in [-0.05, 0) is 18.8 Å². The number of ether oxygens (including phenoxy) is 2. The Hall–Kier alpha value is -0.570. The molecule has 0 saturated carbocycles. The SMILES string of the molecule is CCCCCCCCCCCC(=O)OCC(C)CCOC. The molecule has 3 nitrogen and oxygen atoms in total. The van der Waals surface area contributed by atoms with Crippen LogP contribution in [0, 0.1) is 5.92 Å². The van der Waals surface area contributed by atoms with E-state index in [1.807, 2.05) is 0 Å². The fraction of sp³-hybridized carbons (Fsp3) is 0.944. The van der Waals surface area contributed by atoms with Crippen LogP contribution in [0.2, 0.25) is 0 Å². The minimum atomic E-state index is -0.0396. The number of hydrogen-bond acceptors (Lipinski definition) is 3. The van der Waals surface area contributed by atoms with Gasteiger partial charge in [-0.25, -0.2) is 0 Å². The van der Waals surface area contributed by atoms with Gasteiger partial charge in [0.05, 0.1) is 6.61 Å². The lowest BCUT2D eigenvalue weighted by atomic mass is 10.1. The Labute approximate surface area is 131 Å². The fourth-order valence-electron chi connectivity index (χ4n) is 2.29. The number of unbranched alkanes of at least 4 members (excludes halogenated alkanes) is 8. The molecule has 0 rings (SSSR count). The maximum Gasteiger partial charge on any atom is 0.305 e. The third kappa shape index (κ3) is 15.6. The number of carbonyl (C=O) groups excluding carboxylic acids is 1. The summed E-state index contributed by atoms with van der Waals surface area (Å²) in [5, 5.41) is 0. The standard InChI is InChI=1S/C18H36O3/c1-4-5-6-7-8-9-10-11-12-13-18(19)21-16-17(2)14-15-20-3/h17H,4-16H2,1-3H3. The van der Waals surface area contributed by atoms with E-state index < -0.39 is 0 Å². The highest BCUT2D eigenvalue weighted by Gasteiger charge is 2.07. The van der Waals surface area contributed by atoms with E-state index in [1.54, 1.807) is 7.11 Å². The maximum atomic E-state index is 11.6. The highest BCUT2D eigenvalue weighted by Crippen LogP contribution is 2.11. The monoisotopic (exact) mass is 300 g/mol. The lowest BCUT2D eigenvalue weighted by molar-refractivity contribution is -0.145. The second-order valence-electron chi connectivity index (χ2n) is 6.15. The van der Waals surface area contributed by atoms with Crippen molar-refractivity contribution in [1.29, 1.82) is 0 Å². The highest BCUT2D eigenvalue weighted by molar-refractivity contribution is 5.69. The Morgan fingerprint density at radius 1 is 0.952 bits per heavy atom. The van der Waals surface area contributed by atoms with Crippen LogP contribution in [-0.2, 0) is 14.3 Å². The number of esters is 1. The largest absolute Gasteiger partial charge is 0.465 e. The molecule has 0 radical (unpaired) electrons. The van der Waals surface area contributed by atoms with Gasteiger partial charge in [0.25, 0.3) is 0 Å². The molecule has 1 atom stereocenters. The first-order valence-electron chi connectivity index (χ1n) is 8.85. The van der Waals surface area contributed by atoms with Crippen molar-refractivity contribution in [2.24, 2.45) is 5.92 Å². The molecule has 0 amide bonds. The van der Waals surface area contributed by atoms with Crippen LogP contribution in [0.3, 0.4) is 0 Å². The van der Waals surface area contributed by atoms with Gasteiger partial charge in [0.15, 0.2) is 0 Å². The maximum absolute atomic E-state index is 11.6. The van der Waals surface area contributed by atoms with Gasteiger partial charge in [-0.15, -0.1) is 0 Å². The molecule has 0 bridgehead atoms. The van der Waals surface area contributed by atoms with Crippen molar-refractivity contribution in [2.45, 2.75) is 84.5 Å². The molecular weight excluding hydrogens is 264 g/mol. The zero-order valence-electron chi connectivity index (χ0n) is 14.5. The number of methoxy groups -OCH3 is 1. The van der Waals surface area contributed by atoms with Crippen LogP contribution in [-0.4, -0.2) is 26.3 Å². The van der Waals surface area contributed by atoms with Gasteiger partial charge in [-0.2, -0.15) is 0 Å². The molecule has 0 aliphatic heterocycles. The van der Waals surface area contributed by atoms with Crippen molar-refractivity contribution in [3.63, 3.8) is 0 Å². The van der Waals surface area contributed by atoms with Crippen molar-refractivity contribution in [3.8, 4) is 0 Å². The Morgan fingerprint density at radius 2 is 1.52 bits per heavy atom. The molecule has 3 heteroatoms. The zero-order valence-corrected chi connectivity index (χ0v) is 14.5. The number of rotatable bonds is 15.